The van der Waals surface area contributed by atoms with Crippen molar-refractivity contribution in [2.75, 3.05) is 0 Å². The maximum Gasteiger partial charge on any atom is 0.161 e. The van der Waals surface area contributed by atoms with Gasteiger partial charge in [0.1, 0.15) is 0 Å². The molecule has 0 fully saturated rings. The molecule has 0 bridgehead atoms. The minimum Gasteiger partial charge on any atom is -0.294 e. The molecule has 2 heterocycles. The van der Waals surface area contributed by atoms with Gasteiger partial charge < -0.3 is 0 Å². The van der Waals surface area contributed by atoms with Crippen molar-refractivity contribution in [3.05, 3.63) is 67.7 Å². The van der Waals surface area contributed by atoms with Gasteiger partial charge in [-0.15, -0.1) is 22.7 Å². The number of carbonyl (C=O) groups is 1. The van der Waals surface area contributed by atoms with Gasteiger partial charge in [-0.2, -0.15) is 0 Å². The van der Waals surface area contributed by atoms with Crippen LogP contribution in [0.1, 0.15) is 17.3 Å². The van der Waals surface area contributed by atoms with Gasteiger partial charge in [0.2, 0.25) is 0 Å². The summed E-state index contributed by atoms with van der Waals surface area (Å²) in [4.78, 5) is 11.2. The van der Waals surface area contributed by atoms with Crippen molar-refractivity contribution in [2.45, 2.75) is 6.92 Å². The monoisotopic (exact) mass is 466 g/mol. The van der Waals surface area contributed by atoms with Crippen molar-refractivity contribution in [3.8, 4) is 0 Å². The highest BCUT2D eigenvalue weighted by molar-refractivity contribution is 9.10. The summed E-state index contributed by atoms with van der Waals surface area (Å²) in [6, 6.07) is 14.5. The Hall–Kier alpha value is -1.01. The highest BCUT2D eigenvalue weighted by Crippen LogP contribution is 2.29. The van der Waals surface area contributed by atoms with Crippen LogP contribution < -0.4 is 0 Å². The predicted molar refractivity (Wildman–Crippen MR) is 109 cm³/mol. The first-order valence-electron chi connectivity index (χ1n) is 6.85. The molecule has 23 heavy (non-hydrogen) atoms. The first-order chi connectivity index (χ1) is 11.0. The minimum atomic E-state index is 0.129. The fourth-order valence-corrected chi connectivity index (χ4v) is 4.70. The predicted octanol–water partition coefficient (Wildman–Crippen LogP) is 7.53. The summed E-state index contributed by atoms with van der Waals surface area (Å²) in [6.45, 7) is 1.60. The number of halogens is 2. The molecule has 0 spiro atoms. The number of hydrogen-bond donors (Lipinski definition) is 0. The molecule has 2 aromatic heterocycles. The summed E-state index contributed by atoms with van der Waals surface area (Å²) in [5.74, 6) is 0.129. The Morgan fingerprint density at radius 2 is 1.61 bits per heavy atom. The molecule has 5 heteroatoms. The Balaban J connectivity index is 0.000000140. The quantitative estimate of drug-likeness (QED) is 0.264. The van der Waals surface area contributed by atoms with E-state index in [1.165, 1.54) is 10.1 Å². The molecule has 0 saturated heterocycles. The van der Waals surface area contributed by atoms with Crippen LogP contribution in [-0.2, 0) is 0 Å². The van der Waals surface area contributed by atoms with Crippen molar-refractivity contribution < 1.29 is 4.79 Å². The molecular formula is C18H12Br2OS2. The van der Waals surface area contributed by atoms with Crippen molar-refractivity contribution >= 4 is 80.5 Å². The van der Waals surface area contributed by atoms with Crippen LogP contribution in [-0.4, -0.2) is 5.78 Å². The van der Waals surface area contributed by atoms with E-state index < -0.39 is 0 Å². The number of carbonyl (C=O) groups excluding carboxylic acids is 1. The average molecular weight is 468 g/mol. The van der Waals surface area contributed by atoms with E-state index >= 15 is 0 Å². The van der Waals surface area contributed by atoms with Crippen LogP contribution in [0.15, 0.2) is 62.2 Å². The van der Waals surface area contributed by atoms with E-state index in [0.717, 1.165) is 24.6 Å². The average Bonchev–Trinajstić information content (AvgIpc) is 3.13. The fraction of sp³-hybridized carbons (Fsp3) is 0.0556. The molecule has 0 unspecified atom stereocenters. The van der Waals surface area contributed by atoms with Gasteiger partial charge in [-0.1, -0.05) is 31.9 Å². The summed E-state index contributed by atoms with van der Waals surface area (Å²) >= 11 is 10.2. The van der Waals surface area contributed by atoms with E-state index in [1.807, 2.05) is 23.6 Å². The molecule has 0 aliphatic carbocycles. The molecule has 0 amide bonds. The maximum atomic E-state index is 11.2. The second-order valence-corrected chi connectivity index (χ2v) is 8.64. The third-order valence-electron chi connectivity index (χ3n) is 3.33. The Morgan fingerprint density at radius 3 is 2.35 bits per heavy atom. The van der Waals surface area contributed by atoms with Crippen LogP contribution in [0.25, 0.3) is 20.2 Å². The number of benzene rings is 2. The van der Waals surface area contributed by atoms with E-state index in [-0.39, 0.29) is 5.78 Å². The number of hydrogen-bond acceptors (Lipinski definition) is 3. The summed E-state index contributed by atoms with van der Waals surface area (Å²) in [5.41, 5.74) is 0.821. The standard InChI is InChI=1S/C10H7BrOS.C8H5BrS/c1-6(12)9-5-13-10-3-2-7(11)4-8(9)10;9-7-1-2-8-6(5-7)3-4-10-8/h2-5H,1H3;1-5H. The summed E-state index contributed by atoms with van der Waals surface area (Å²) in [5, 5.41) is 6.39. The Kier molecular flexibility index (Phi) is 5.31. The number of rotatable bonds is 1. The lowest BCUT2D eigenvalue weighted by Gasteiger charge is -1.93. The second kappa shape index (κ2) is 7.26. The van der Waals surface area contributed by atoms with Gasteiger partial charge in [0.05, 0.1) is 0 Å². The molecule has 4 rings (SSSR count). The normalized spacial score (nSPS) is 10.6. The first-order valence-corrected chi connectivity index (χ1v) is 10.2. The van der Waals surface area contributed by atoms with Crippen molar-refractivity contribution in [3.63, 3.8) is 0 Å². The Labute approximate surface area is 159 Å². The molecule has 0 N–H and O–H groups in total. The van der Waals surface area contributed by atoms with E-state index in [4.69, 9.17) is 0 Å². The lowest BCUT2D eigenvalue weighted by Crippen LogP contribution is -1.88. The number of fused-ring (bicyclic) bond motifs is 2. The zero-order valence-corrected chi connectivity index (χ0v) is 17.0. The van der Waals surface area contributed by atoms with Gasteiger partial charge in [0.25, 0.3) is 0 Å². The van der Waals surface area contributed by atoms with Gasteiger partial charge in [0, 0.05) is 34.7 Å². The molecule has 0 radical (unpaired) electrons. The smallest absolute Gasteiger partial charge is 0.161 e. The van der Waals surface area contributed by atoms with Crippen molar-refractivity contribution in [1.29, 1.82) is 0 Å². The highest BCUT2D eigenvalue weighted by Gasteiger charge is 2.07. The third-order valence-corrected chi connectivity index (χ3v) is 6.18. The van der Waals surface area contributed by atoms with Crippen molar-refractivity contribution in [2.24, 2.45) is 0 Å². The van der Waals surface area contributed by atoms with Crippen LogP contribution in [0, 0.1) is 0 Å². The highest BCUT2D eigenvalue weighted by atomic mass is 79.9. The number of ketones is 1. The summed E-state index contributed by atoms with van der Waals surface area (Å²) in [7, 11) is 0. The minimum absolute atomic E-state index is 0.129. The molecule has 4 aromatic rings. The molecule has 2 aromatic carbocycles. The second-order valence-electron chi connectivity index (χ2n) is 4.95. The lowest BCUT2D eigenvalue weighted by molar-refractivity contribution is 0.101. The van der Waals surface area contributed by atoms with Crippen molar-refractivity contribution in [1.82, 2.24) is 0 Å². The van der Waals surface area contributed by atoms with E-state index in [2.05, 4.69) is 61.5 Å². The van der Waals surface area contributed by atoms with E-state index in [0.29, 0.717) is 0 Å². The summed E-state index contributed by atoms with van der Waals surface area (Å²) in [6.07, 6.45) is 0. The zero-order chi connectivity index (χ0) is 16.4. The molecule has 0 aliphatic rings. The van der Waals surface area contributed by atoms with E-state index in [1.54, 1.807) is 29.6 Å². The number of Topliss-reactive ketones (excluding diaryl/α,β-unsaturated/α-hetero) is 1. The number of thiophene rings is 2. The van der Waals surface area contributed by atoms with Crippen LogP contribution in [0.4, 0.5) is 0 Å². The van der Waals surface area contributed by atoms with Gasteiger partial charge in [-0.3, -0.25) is 4.79 Å². The topological polar surface area (TPSA) is 17.1 Å². The first kappa shape index (κ1) is 16.8. The SMILES string of the molecule is Brc1ccc2sccc2c1.CC(=O)c1csc2ccc(Br)cc12. The van der Waals surface area contributed by atoms with Crippen LogP contribution in [0.5, 0.6) is 0 Å². The lowest BCUT2D eigenvalue weighted by atomic mass is 10.1. The Morgan fingerprint density at radius 1 is 0.913 bits per heavy atom. The molecule has 116 valence electrons. The van der Waals surface area contributed by atoms with Gasteiger partial charge in [-0.05, 0) is 60.2 Å². The van der Waals surface area contributed by atoms with Gasteiger partial charge >= 0.3 is 0 Å². The molecule has 0 atom stereocenters. The third kappa shape index (κ3) is 3.91. The van der Waals surface area contributed by atoms with Crippen LogP contribution in [0.3, 0.4) is 0 Å². The van der Waals surface area contributed by atoms with Gasteiger partial charge in [0.15, 0.2) is 5.78 Å². The zero-order valence-electron chi connectivity index (χ0n) is 12.2. The van der Waals surface area contributed by atoms with Gasteiger partial charge in [-0.25, -0.2) is 0 Å². The Bertz CT molecular complexity index is 985. The largest absolute Gasteiger partial charge is 0.294 e. The fourth-order valence-electron chi connectivity index (χ4n) is 2.21. The maximum absolute atomic E-state index is 11.2. The van der Waals surface area contributed by atoms with E-state index in [9.17, 15) is 4.79 Å². The molecular weight excluding hydrogens is 456 g/mol. The van der Waals surface area contributed by atoms with Crippen LogP contribution >= 0.6 is 54.5 Å². The molecule has 0 aliphatic heterocycles. The van der Waals surface area contributed by atoms with Crippen LogP contribution in [0.2, 0.25) is 0 Å². The molecule has 0 saturated carbocycles. The molecule has 1 nitrogen and oxygen atoms in total. The summed E-state index contributed by atoms with van der Waals surface area (Å²) < 4.78 is 4.68.